The fraction of sp³-hybridized carbons (Fsp3) is 0.333. The van der Waals surface area contributed by atoms with E-state index in [0.717, 1.165) is 12.8 Å². The molecule has 2 aromatic heterocycles. The summed E-state index contributed by atoms with van der Waals surface area (Å²) in [5.41, 5.74) is 7.98. The molecule has 1 aliphatic rings. The highest BCUT2D eigenvalue weighted by molar-refractivity contribution is 6.34. The van der Waals surface area contributed by atoms with Crippen molar-refractivity contribution in [1.82, 2.24) is 24.2 Å². The Balaban J connectivity index is 1.33. The first kappa shape index (κ1) is 30.3. The number of imidazole rings is 1. The first-order chi connectivity index (χ1) is 20.6. The topological polar surface area (TPSA) is 120 Å². The number of nitrogens with zero attached hydrogens (tertiary/aromatic N) is 5. The van der Waals surface area contributed by atoms with Crippen molar-refractivity contribution in [2.24, 2.45) is 12.8 Å². The van der Waals surface area contributed by atoms with Gasteiger partial charge in [0.15, 0.2) is 17.5 Å². The molecule has 0 unspecified atom stereocenters. The Morgan fingerprint density at radius 1 is 1.09 bits per heavy atom. The van der Waals surface area contributed by atoms with Gasteiger partial charge in [-0.1, -0.05) is 17.7 Å². The third-order valence-corrected chi connectivity index (χ3v) is 8.05. The van der Waals surface area contributed by atoms with Gasteiger partial charge in [0.05, 0.1) is 41.8 Å². The zero-order valence-electron chi connectivity index (χ0n) is 24.0. The van der Waals surface area contributed by atoms with E-state index in [1.54, 1.807) is 35.7 Å². The SMILES string of the molecule is COCCn1ncc(-c2ccc(-c3cnc(C(=O)Nc4ccc(C(=O)N5CCC(N)CC5)c(Cl)c4)n3C)c(F)c2F)c1C. The molecule has 1 fully saturated rings. The number of nitrogens with two attached hydrogens (primary N) is 1. The monoisotopic (exact) mass is 611 g/mol. The van der Waals surface area contributed by atoms with E-state index in [0.29, 0.717) is 48.7 Å². The molecule has 4 aromatic rings. The van der Waals surface area contributed by atoms with Crippen LogP contribution < -0.4 is 11.1 Å². The largest absolute Gasteiger partial charge is 0.383 e. The predicted molar refractivity (Wildman–Crippen MR) is 159 cm³/mol. The van der Waals surface area contributed by atoms with Gasteiger partial charge in [0.2, 0.25) is 0 Å². The Labute approximate surface area is 252 Å². The minimum atomic E-state index is -1.07. The number of carbonyl (C=O) groups is 2. The first-order valence-corrected chi connectivity index (χ1v) is 14.2. The number of amides is 2. The van der Waals surface area contributed by atoms with Crippen molar-refractivity contribution in [3.8, 4) is 22.4 Å². The number of methoxy groups -OCH3 is 1. The Kier molecular flexibility index (Phi) is 8.90. The van der Waals surface area contributed by atoms with Gasteiger partial charge in [-0.3, -0.25) is 14.3 Å². The molecular formula is C30H32ClF2N7O3. The van der Waals surface area contributed by atoms with Crippen LogP contribution in [-0.2, 0) is 18.3 Å². The predicted octanol–water partition coefficient (Wildman–Crippen LogP) is 4.65. The van der Waals surface area contributed by atoms with E-state index in [4.69, 9.17) is 22.1 Å². The van der Waals surface area contributed by atoms with Crippen molar-refractivity contribution in [3.05, 3.63) is 76.5 Å². The number of carbonyl (C=O) groups excluding carboxylic acids is 2. The van der Waals surface area contributed by atoms with Crippen molar-refractivity contribution in [1.29, 1.82) is 0 Å². The maximum Gasteiger partial charge on any atom is 0.291 e. The summed E-state index contributed by atoms with van der Waals surface area (Å²) in [5, 5.41) is 7.14. The van der Waals surface area contributed by atoms with Crippen molar-refractivity contribution in [2.75, 3.05) is 32.1 Å². The van der Waals surface area contributed by atoms with Crippen molar-refractivity contribution in [2.45, 2.75) is 32.4 Å². The molecule has 5 rings (SSSR count). The normalized spacial score (nSPS) is 13.9. The van der Waals surface area contributed by atoms with Crippen LogP contribution in [0.4, 0.5) is 14.5 Å². The van der Waals surface area contributed by atoms with Gasteiger partial charge in [-0.25, -0.2) is 13.8 Å². The van der Waals surface area contributed by atoms with Crippen LogP contribution >= 0.6 is 11.6 Å². The van der Waals surface area contributed by atoms with Crippen LogP contribution in [-0.4, -0.2) is 68.9 Å². The summed E-state index contributed by atoms with van der Waals surface area (Å²) >= 11 is 6.41. The molecule has 3 heterocycles. The van der Waals surface area contributed by atoms with Crippen LogP contribution in [0.25, 0.3) is 22.4 Å². The maximum absolute atomic E-state index is 15.4. The number of benzene rings is 2. The summed E-state index contributed by atoms with van der Waals surface area (Å²) in [6.07, 6.45) is 4.25. The van der Waals surface area contributed by atoms with Crippen LogP contribution in [0.1, 0.15) is 39.5 Å². The standard InChI is InChI=1S/C30H32ClF2N7O3/c1-17-23(15-36-40(17)12-13-43-3)20-6-7-22(27(33)26(20)32)25-16-35-28(38(25)2)29(41)37-19-4-5-21(24(31)14-19)30(42)39-10-8-18(34)9-11-39/h4-7,14-16,18H,8-13,34H2,1-3H3,(H,37,41). The Hall–Kier alpha value is -4.13. The van der Waals surface area contributed by atoms with Gasteiger partial charge >= 0.3 is 0 Å². The number of hydrogen-bond donors (Lipinski definition) is 2. The summed E-state index contributed by atoms with van der Waals surface area (Å²) < 4.78 is 38.8. The molecule has 0 spiro atoms. The second-order valence-corrected chi connectivity index (χ2v) is 10.9. The van der Waals surface area contributed by atoms with Gasteiger partial charge < -0.3 is 25.3 Å². The van der Waals surface area contributed by atoms with Crippen LogP contribution in [0, 0.1) is 18.6 Å². The van der Waals surface area contributed by atoms with Gasteiger partial charge in [-0.2, -0.15) is 5.10 Å². The number of piperidine rings is 1. The summed E-state index contributed by atoms with van der Waals surface area (Å²) in [6.45, 7) is 3.80. The van der Waals surface area contributed by atoms with Gasteiger partial charge in [-0.15, -0.1) is 0 Å². The average molecular weight is 612 g/mol. The van der Waals surface area contributed by atoms with E-state index >= 15 is 8.78 Å². The summed E-state index contributed by atoms with van der Waals surface area (Å²) in [6, 6.07) is 7.63. The minimum Gasteiger partial charge on any atom is -0.383 e. The molecule has 3 N–H and O–H groups in total. The molecule has 0 saturated carbocycles. The fourth-order valence-electron chi connectivity index (χ4n) is 5.17. The lowest BCUT2D eigenvalue weighted by Crippen LogP contribution is -2.42. The van der Waals surface area contributed by atoms with Crippen molar-refractivity contribution < 1.29 is 23.1 Å². The summed E-state index contributed by atoms with van der Waals surface area (Å²) in [5.74, 6) is -2.92. The Morgan fingerprint density at radius 2 is 1.79 bits per heavy atom. The lowest BCUT2D eigenvalue weighted by molar-refractivity contribution is 0.0715. The molecule has 43 heavy (non-hydrogen) atoms. The van der Waals surface area contributed by atoms with E-state index < -0.39 is 17.5 Å². The summed E-state index contributed by atoms with van der Waals surface area (Å²) in [4.78, 5) is 31.9. The van der Waals surface area contributed by atoms with E-state index in [-0.39, 0.29) is 39.6 Å². The minimum absolute atomic E-state index is 0.0323. The molecule has 1 aliphatic heterocycles. The van der Waals surface area contributed by atoms with E-state index in [2.05, 4.69) is 15.4 Å². The second kappa shape index (κ2) is 12.6. The Bertz CT molecular complexity index is 1680. The molecule has 1 saturated heterocycles. The molecule has 0 radical (unpaired) electrons. The van der Waals surface area contributed by atoms with Gasteiger partial charge in [0, 0.05) is 61.4 Å². The number of hydrogen-bond acceptors (Lipinski definition) is 6. The number of halogens is 3. The summed E-state index contributed by atoms with van der Waals surface area (Å²) in [7, 11) is 3.11. The number of ether oxygens (including phenoxy) is 1. The van der Waals surface area contributed by atoms with Gasteiger partial charge in [0.1, 0.15) is 0 Å². The van der Waals surface area contributed by atoms with Crippen molar-refractivity contribution in [3.63, 3.8) is 0 Å². The lowest BCUT2D eigenvalue weighted by Gasteiger charge is -2.30. The number of likely N-dealkylation sites (tertiary alicyclic amines) is 1. The van der Waals surface area contributed by atoms with Gasteiger partial charge in [0.25, 0.3) is 11.8 Å². The zero-order valence-corrected chi connectivity index (χ0v) is 24.8. The van der Waals surface area contributed by atoms with Crippen LogP contribution in [0.2, 0.25) is 5.02 Å². The molecule has 0 aliphatic carbocycles. The molecule has 226 valence electrons. The molecule has 2 aromatic carbocycles. The zero-order chi connectivity index (χ0) is 30.8. The van der Waals surface area contributed by atoms with Crippen LogP contribution in [0.15, 0.2) is 42.7 Å². The van der Waals surface area contributed by atoms with E-state index in [1.165, 1.54) is 42.2 Å². The molecule has 0 bridgehead atoms. The van der Waals surface area contributed by atoms with E-state index in [9.17, 15) is 9.59 Å². The quantitative estimate of drug-likeness (QED) is 0.299. The highest BCUT2D eigenvalue weighted by Crippen LogP contribution is 2.33. The average Bonchev–Trinajstić information content (AvgIpc) is 3.55. The van der Waals surface area contributed by atoms with Crippen LogP contribution in [0.5, 0.6) is 0 Å². The highest BCUT2D eigenvalue weighted by atomic mass is 35.5. The molecule has 13 heteroatoms. The number of aromatic nitrogens is 4. The molecular weight excluding hydrogens is 580 g/mol. The smallest absolute Gasteiger partial charge is 0.291 e. The fourth-order valence-corrected chi connectivity index (χ4v) is 5.43. The number of nitrogens with one attached hydrogen (secondary N) is 1. The highest BCUT2D eigenvalue weighted by Gasteiger charge is 2.25. The molecule has 10 nitrogen and oxygen atoms in total. The third-order valence-electron chi connectivity index (χ3n) is 7.73. The van der Waals surface area contributed by atoms with Gasteiger partial charge in [-0.05, 0) is 44.0 Å². The van der Waals surface area contributed by atoms with Crippen LogP contribution in [0.3, 0.4) is 0 Å². The number of rotatable bonds is 8. The van der Waals surface area contributed by atoms with E-state index in [1.807, 2.05) is 0 Å². The second-order valence-electron chi connectivity index (χ2n) is 10.5. The van der Waals surface area contributed by atoms with Crippen molar-refractivity contribution >= 4 is 29.1 Å². The third kappa shape index (κ3) is 6.03. The Morgan fingerprint density at radius 3 is 2.49 bits per heavy atom. The molecule has 0 atom stereocenters. The first-order valence-electron chi connectivity index (χ1n) is 13.8. The number of anilines is 1. The maximum atomic E-state index is 15.4. The molecule has 2 amide bonds. The lowest BCUT2D eigenvalue weighted by atomic mass is 10.0.